The van der Waals surface area contributed by atoms with Gasteiger partial charge in [0.2, 0.25) is 5.91 Å². The predicted molar refractivity (Wildman–Crippen MR) is 104 cm³/mol. The first-order valence-corrected chi connectivity index (χ1v) is 8.75. The maximum Gasteiger partial charge on any atom is 0.255 e. The number of likely N-dealkylation sites (N-methyl/N-ethyl adjacent to an activating group) is 1. The SMILES string of the molecule is COc1ccc(Br)c(C(=O)N(C)CC(=O)Nc2cc(Cl)ccc2OC)c1. The summed E-state index contributed by atoms with van der Waals surface area (Å²) in [5, 5.41) is 3.16. The van der Waals surface area contributed by atoms with Gasteiger partial charge in [0.15, 0.2) is 0 Å². The molecule has 2 amide bonds. The lowest BCUT2D eigenvalue weighted by Crippen LogP contribution is -2.35. The summed E-state index contributed by atoms with van der Waals surface area (Å²) in [5.74, 6) is 0.342. The van der Waals surface area contributed by atoms with Crippen LogP contribution in [0.15, 0.2) is 40.9 Å². The van der Waals surface area contributed by atoms with Crippen LogP contribution >= 0.6 is 27.5 Å². The molecule has 1 N–H and O–H groups in total. The van der Waals surface area contributed by atoms with Gasteiger partial charge in [0.1, 0.15) is 11.5 Å². The number of nitrogens with zero attached hydrogens (tertiary/aromatic N) is 1. The van der Waals surface area contributed by atoms with E-state index in [9.17, 15) is 9.59 Å². The zero-order valence-corrected chi connectivity index (χ0v) is 16.8. The van der Waals surface area contributed by atoms with E-state index in [0.29, 0.717) is 32.2 Å². The van der Waals surface area contributed by atoms with E-state index >= 15 is 0 Å². The van der Waals surface area contributed by atoms with Gasteiger partial charge in [-0.15, -0.1) is 0 Å². The summed E-state index contributed by atoms with van der Waals surface area (Å²) in [6, 6.07) is 9.96. The molecule has 6 nitrogen and oxygen atoms in total. The van der Waals surface area contributed by atoms with Crippen LogP contribution in [-0.4, -0.2) is 44.5 Å². The summed E-state index contributed by atoms with van der Waals surface area (Å²) in [4.78, 5) is 26.2. The Morgan fingerprint density at radius 1 is 1.15 bits per heavy atom. The summed E-state index contributed by atoms with van der Waals surface area (Å²) in [6.45, 7) is -0.141. The monoisotopic (exact) mass is 440 g/mol. The molecule has 2 rings (SSSR count). The average Bonchev–Trinajstić information content (AvgIpc) is 2.61. The van der Waals surface area contributed by atoms with Gasteiger partial charge in [-0.25, -0.2) is 0 Å². The van der Waals surface area contributed by atoms with E-state index in [1.165, 1.54) is 19.1 Å². The first-order chi connectivity index (χ1) is 12.3. The number of hydrogen-bond donors (Lipinski definition) is 1. The number of anilines is 1. The lowest BCUT2D eigenvalue weighted by atomic mass is 10.2. The van der Waals surface area contributed by atoms with Crippen LogP contribution in [0.1, 0.15) is 10.4 Å². The van der Waals surface area contributed by atoms with Crippen molar-refractivity contribution in [2.45, 2.75) is 0 Å². The van der Waals surface area contributed by atoms with E-state index in [4.69, 9.17) is 21.1 Å². The first kappa shape index (κ1) is 20.1. The smallest absolute Gasteiger partial charge is 0.255 e. The van der Waals surface area contributed by atoms with E-state index in [2.05, 4.69) is 21.2 Å². The standard InChI is InChI=1S/C18H18BrClN2O4/c1-22(18(24)13-9-12(25-2)5-6-14(13)19)10-17(23)21-15-8-11(20)4-7-16(15)26-3/h4-9H,10H2,1-3H3,(H,21,23). The maximum atomic E-state index is 12.6. The minimum Gasteiger partial charge on any atom is -0.497 e. The highest BCUT2D eigenvalue weighted by Crippen LogP contribution is 2.28. The molecule has 0 saturated heterocycles. The molecule has 2 aromatic rings. The van der Waals surface area contributed by atoms with Gasteiger partial charge in [-0.3, -0.25) is 9.59 Å². The molecule has 0 fully saturated rings. The molecule has 8 heteroatoms. The number of carbonyl (C=O) groups excluding carboxylic acids is 2. The van der Waals surface area contributed by atoms with Gasteiger partial charge >= 0.3 is 0 Å². The van der Waals surface area contributed by atoms with Gasteiger partial charge in [-0.1, -0.05) is 11.6 Å². The van der Waals surface area contributed by atoms with Gasteiger partial charge in [0.25, 0.3) is 5.91 Å². The normalized spacial score (nSPS) is 10.2. The quantitative estimate of drug-likeness (QED) is 0.740. The third-order valence-electron chi connectivity index (χ3n) is 3.57. The van der Waals surface area contributed by atoms with E-state index in [-0.39, 0.29) is 18.4 Å². The second kappa shape index (κ2) is 8.91. The van der Waals surface area contributed by atoms with Gasteiger partial charge in [-0.05, 0) is 52.3 Å². The van der Waals surface area contributed by atoms with Crippen LogP contribution in [0.3, 0.4) is 0 Å². The van der Waals surface area contributed by atoms with Crippen LogP contribution in [0, 0.1) is 0 Å². The van der Waals surface area contributed by atoms with Crippen molar-refractivity contribution in [2.24, 2.45) is 0 Å². The molecule has 0 bridgehead atoms. The van der Waals surface area contributed by atoms with Crippen LogP contribution in [0.4, 0.5) is 5.69 Å². The topological polar surface area (TPSA) is 67.9 Å². The molecule has 0 aliphatic carbocycles. The second-order valence-corrected chi connectivity index (χ2v) is 6.69. The summed E-state index contributed by atoms with van der Waals surface area (Å²) in [5.41, 5.74) is 0.841. The van der Waals surface area contributed by atoms with Crippen molar-refractivity contribution in [2.75, 3.05) is 33.1 Å². The Hall–Kier alpha value is -2.25. The molecule has 0 heterocycles. The number of ether oxygens (including phenoxy) is 2. The Morgan fingerprint density at radius 3 is 2.54 bits per heavy atom. The van der Waals surface area contributed by atoms with Gasteiger partial charge in [0.05, 0.1) is 32.0 Å². The summed E-state index contributed by atoms with van der Waals surface area (Å²) in [6.07, 6.45) is 0. The molecule has 0 unspecified atom stereocenters. The number of carbonyl (C=O) groups is 2. The molecule has 0 aliphatic heterocycles. The summed E-state index contributed by atoms with van der Waals surface area (Å²) < 4.78 is 10.9. The van der Waals surface area contributed by atoms with Crippen LogP contribution in [0.2, 0.25) is 5.02 Å². The fourth-order valence-electron chi connectivity index (χ4n) is 2.26. The Morgan fingerprint density at radius 2 is 1.88 bits per heavy atom. The van der Waals surface area contributed by atoms with Crippen LogP contribution in [0.5, 0.6) is 11.5 Å². The molecular weight excluding hydrogens is 424 g/mol. The summed E-state index contributed by atoms with van der Waals surface area (Å²) >= 11 is 9.29. The first-order valence-electron chi connectivity index (χ1n) is 7.58. The average molecular weight is 442 g/mol. The fraction of sp³-hybridized carbons (Fsp3) is 0.222. The molecule has 0 atom stereocenters. The van der Waals surface area contributed by atoms with Crippen molar-refractivity contribution >= 4 is 45.0 Å². The maximum absolute atomic E-state index is 12.6. The molecule has 0 saturated carbocycles. The molecule has 0 radical (unpaired) electrons. The zero-order chi connectivity index (χ0) is 19.3. The Kier molecular flexibility index (Phi) is 6.88. The number of rotatable bonds is 6. The second-order valence-electron chi connectivity index (χ2n) is 5.40. The molecule has 138 valence electrons. The van der Waals surface area contributed by atoms with Crippen molar-refractivity contribution in [3.63, 3.8) is 0 Å². The predicted octanol–water partition coefficient (Wildman–Crippen LogP) is 3.83. The molecule has 26 heavy (non-hydrogen) atoms. The van der Waals surface area contributed by atoms with Gasteiger partial charge in [0, 0.05) is 16.5 Å². The molecule has 2 aromatic carbocycles. The van der Waals surface area contributed by atoms with Crippen molar-refractivity contribution in [3.05, 3.63) is 51.5 Å². The zero-order valence-electron chi connectivity index (χ0n) is 14.5. The minimum absolute atomic E-state index is 0.141. The highest BCUT2D eigenvalue weighted by molar-refractivity contribution is 9.10. The number of benzene rings is 2. The third-order valence-corrected chi connectivity index (χ3v) is 4.49. The largest absolute Gasteiger partial charge is 0.497 e. The molecule has 0 aliphatic rings. The van der Waals surface area contributed by atoms with Crippen LogP contribution in [-0.2, 0) is 4.79 Å². The van der Waals surface area contributed by atoms with Crippen LogP contribution in [0.25, 0.3) is 0 Å². The van der Waals surface area contributed by atoms with E-state index in [0.717, 1.165) is 0 Å². The van der Waals surface area contributed by atoms with Gasteiger partial charge < -0.3 is 19.7 Å². The Balaban J connectivity index is 2.09. The third kappa shape index (κ3) is 4.89. The minimum atomic E-state index is -0.375. The highest BCUT2D eigenvalue weighted by atomic mass is 79.9. The Bertz CT molecular complexity index is 829. The van der Waals surface area contributed by atoms with E-state index in [1.54, 1.807) is 43.4 Å². The number of methoxy groups -OCH3 is 2. The summed E-state index contributed by atoms with van der Waals surface area (Å²) in [7, 11) is 4.56. The number of hydrogen-bond acceptors (Lipinski definition) is 4. The number of nitrogens with one attached hydrogen (secondary N) is 1. The molecule has 0 aromatic heterocycles. The number of amides is 2. The number of halogens is 2. The molecular formula is C18H18BrClN2O4. The lowest BCUT2D eigenvalue weighted by molar-refractivity contribution is -0.116. The molecule has 0 spiro atoms. The van der Waals surface area contributed by atoms with Crippen LogP contribution < -0.4 is 14.8 Å². The lowest BCUT2D eigenvalue weighted by Gasteiger charge is -2.18. The van der Waals surface area contributed by atoms with Gasteiger partial charge in [-0.2, -0.15) is 0 Å². The van der Waals surface area contributed by atoms with Crippen molar-refractivity contribution in [3.8, 4) is 11.5 Å². The fourth-order valence-corrected chi connectivity index (χ4v) is 2.84. The van der Waals surface area contributed by atoms with Crippen molar-refractivity contribution in [1.29, 1.82) is 0 Å². The Labute approximate surface area is 165 Å². The van der Waals surface area contributed by atoms with Crippen molar-refractivity contribution < 1.29 is 19.1 Å². The van der Waals surface area contributed by atoms with E-state index < -0.39 is 0 Å². The van der Waals surface area contributed by atoms with E-state index in [1.807, 2.05) is 0 Å². The highest BCUT2D eigenvalue weighted by Gasteiger charge is 2.19. The van der Waals surface area contributed by atoms with Crippen molar-refractivity contribution in [1.82, 2.24) is 4.90 Å².